The predicted molar refractivity (Wildman–Crippen MR) is 81.9 cm³/mol. The second kappa shape index (κ2) is 6.66. The summed E-state index contributed by atoms with van der Waals surface area (Å²) >= 11 is 0. The number of methoxy groups -OCH3 is 1. The zero-order chi connectivity index (χ0) is 16.3. The van der Waals surface area contributed by atoms with Crippen molar-refractivity contribution in [2.45, 2.75) is 26.4 Å². The molecule has 1 aliphatic rings. The summed E-state index contributed by atoms with van der Waals surface area (Å²) < 4.78 is 37.0. The van der Waals surface area contributed by atoms with Crippen LogP contribution in [0.15, 0.2) is 24.3 Å². The van der Waals surface area contributed by atoms with Crippen LogP contribution >= 0.6 is 0 Å². The van der Waals surface area contributed by atoms with Gasteiger partial charge in [0, 0.05) is 12.1 Å². The van der Waals surface area contributed by atoms with Gasteiger partial charge in [0.2, 0.25) is 10.0 Å². The molecule has 0 aromatic heterocycles. The molecule has 0 aliphatic carbocycles. The van der Waals surface area contributed by atoms with Gasteiger partial charge in [-0.05, 0) is 13.0 Å². The first-order valence-corrected chi connectivity index (χ1v) is 8.74. The molecule has 122 valence electrons. The van der Waals surface area contributed by atoms with E-state index in [4.69, 9.17) is 4.74 Å². The quantitative estimate of drug-likeness (QED) is 0.782. The first-order chi connectivity index (χ1) is 10.3. The summed E-state index contributed by atoms with van der Waals surface area (Å²) in [6.45, 7) is 3.87. The molecule has 0 saturated carbocycles. The highest BCUT2D eigenvalue weighted by atomic mass is 32.2. The largest absolute Gasteiger partial charge is 0.492 e. The zero-order valence-electron chi connectivity index (χ0n) is 13.0. The number of para-hydroxylation sites is 1. The van der Waals surface area contributed by atoms with Crippen molar-refractivity contribution in [1.82, 2.24) is 4.31 Å². The Labute approximate surface area is 131 Å². The van der Waals surface area contributed by atoms with Crippen molar-refractivity contribution in [2.75, 3.05) is 19.5 Å². The Hall–Kier alpha value is -1.60. The third-order valence-corrected chi connectivity index (χ3v) is 5.82. The standard InChI is InChI=1S/C15H21NO5S/c1-11(15(17)20-3)10-22(18,19)16-8-13-6-4-5-7-14(13)21-9-12(16)2/h4-7,11-12H,8-10H2,1-3H3. The minimum absolute atomic E-state index is 0.244. The van der Waals surface area contributed by atoms with Crippen LogP contribution in [0, 0.1) is 5.92 Å². The molecule has 0 saturated heterocycles. The Morgan fingerprint density at radius 3 is 2.82 bits per heavy atom. The molecule has 1 aromatic rings. The summed E-state index contributed by atoms with van der Waals surface area (Å²) in [5, 5.41) is 0. The number of nitrogens with zero attached hydrogens (tertiary/aromatic N) is 1. The number of carbonyl (C=O) groups is 1. The highest BCUT2D eigenvalue weighted by Crippen LogP contribution is 2.27. The van der Waals surface area contributed by atoms with E-state index in [-0.39, 0.29) is 24.9 Å². The second-order valence-corrected chi connectivity index (χ2v) is 7.48. The van der Waals surface area contributed by atoms with Crippen molar-refractivity contribution in [3.63, 3.8) is 0 Å². The topological polar surface area (TPSA) is 72.9 Å². The molecule has 2 unspecified atom stereocenters. The van der Waals surface area contributed by atoms with Crippen LogP contribution in [0.3, 0.4) is 0 Å². The molecular formula is C15H21NO5S. The van der Waals surface area contributed by atoms with E-state index < -0.39 is 21.9 Å². The highest BCUT2D eigenvalue weighted by molar-refractivity contribution is 7.89. The Balaban J connectivity index is 2.24. The van der Waals surface area contributed by atoms with Crippen LogP contribution in [-0.2, 0) is 26.1 Å². The van der Waals surface area contributed by atoms with E-state index in [0.29, 0.717) is 5.75 Å². The molecule has 6 nitrogen and oxygen atoms in total. The summed E-state index contributed by atoms with van der Waals surface area (Å²) in [7, 11) is -2.35. The zero-order valence-corrected chi connectivity index (χ0v) is 13.8. The molecular weight excluding hydrogens is 306 g/mol. The number of hydrogen-bond acceptors (Lipinski definition) is 5. The average molecular weight is 327 g/mol. The second-order valence-electron chi connectivity index (χ2n) is 5.52. The molecule has 2 rings (SSSR count). The van der Waals surface area contributed by atoms with Crippen molar-refractivity contribution in [1.29, 1.82) is 0 Å². The summed E-state index contributed by atoms with van der Waals surface area (Å²) in [4.78, 5) is 11.5. The lowest BCUT2D eigenvalue weighted by Crippen LogP contribution is -2.42. The lowest BCUT2D eigenvalue weighted by Gasteiger charge is -2.26. The summed E-state index contributed by atoms with van der Waals surface area (Å²) in [5.41, 5.74) is 0.821. The molecule has 22 heavy (non-hydrogen) atoms. The fourth-order valence-corrected chi connectivity index (χ4v) is 4.35. The number of benzene rings is 1. The Bertz CT molecular complexity index is 643. The van der Waals surface area contributed by atoms with Gasteiger partial charge in [-0.2, -0.15) is 4.31 Å². The van der Waals surface area contributed by atoms with Crippen LogP contribution in [0.2, 0.25) is 0 Å². The Kier molecular flexibility index (Phi) is 5.08. The van der Waals surface area contributed by atoms with Gasteiger partial charge in [0.05, 0.1) is 24.8 Å². The van der Waals surface area contributed by atoms with Crippen molar-refractivity contribution in [2.24, 2.45) is 5.92 Å². The van der Waals surface area contributed by atoms with Crippen LogP contribution < -0.4 is 4.74 Å². The van der Waals surface area contributed by atoms with Crippen molar-refractivity contribution in [3.8, 4) is 5.75 Å². The highest BCUT2D eigenvalue weighted by Gasteiger charge is 2.33. The Morgan fingerprint density at radius 2 is 2.14 bits per heavy atom. The third kappa shape index (κ3) is 3.59. The van der Waals surface area contributed by atoms with Gasteiger partial charge in [-0.1, -0.05) is 25.1 Å². The molecule has 0 radical (unpaired) electrons. The molecule has 0 spiro atoms. The number of sulfonamides is 1. The summed E-state index contributed by atoms with van der Waals surface area (Å²) in [6.07, 6.45) is 0. The molecule has 2 atom stereocenters. The van der Waals surface area contributed by atoms with Gasteiger partial charge in [0.25, 0.3) is 0 Å². The monoisotopic (exact) mass is 327 g/mol. The SMILES string of the molecule is COC(=O)C(C)CS(=O)(=O)N1Cc2ccccc2OCC1C. The van der Waals surface area contributed by atoms with E-state index in [0.717, 1.165) is 5.56 Å². The maximum absolute atomic E-state index is 12.7. The van der Waals surface area contributed by atoms with Crippen LogP contribution in [0.1, 0.15) is 19.4 Å². The number of rotatable bonds is 4. The molecule has 0 N–H and O–H groups in total. The van der Waals surface area contributed by atoms with Gasteiger partial charge < -0.3 is 9.47 Å². The fraction of sp³-hybridized carbons (Fsp3) is 0.533. The molecule has 0 fully saturated rings. The lowest BCUT2D eigenvalue weighted by atomic mass is 10.2. The Morgan fingerprint density at radius 1 is 1.45 bits per heavy atom. The van der Waals surface area contributed by atoms with Gasteiger partial charge in [0.1, 0.15) is 12.4 Å². The van der Waals surface area contributed by atoms with Gasteiger partial charge in [-0.3, -0.25) is 4.79 Å². The minimum Gasteiger partial charge on any atom is -0.492 e. The van der Waals surface area contributed by atoms with Crippen molar-refractivity contribution in [3.05, 3.63) is 29.8 Å². The smallest absolute Gasteiger partial charge is 0.309 e. The molecule has 7 heteroatoms. The van der Waals surface area contributed by atoms with Crippen LogP contribution in [-0.4, -0.2) is 44.2 Å². The summed E-state index contributed by atoms with van der Waals surface area (Å²) in [6, 6.07) is 7.07. The number of esters is 1. The minimum atomic E-state index is -3.60. The predicted octanol–water partition coefficient (Wildman–Crippen LogP) is 1.41. The normalized spacial score (nSPS) is 20.4. The van der Waals surface area contributed by atoms with Gasteiger partial charge >= 0.3 is 5.97 Å². The molecule has 1 aromatic carbocycles. The van der Waals surface area contributed by atoms with Crippen molar-refractivity contribution < 1.29 is 22.7 Å². The van der Waals surface area contributed by atoms with Gasteiger partial charge in [-0.25, -0.2) is 8.42 Å². The number of fused-ring (bicyclic) bond motifs is 1. The third-order valence-electron chi connectivity index (χ3n) is 3.69. The first kappa shape index (κ1) is 16.8. The van der Waals surface area contributed by atoms with Crippen molar-refractivity contribution >= 4 is 16.0 Å². The van der Waals surface area contributed by atoms with E-state index >= 15 is 0 Å². The fourth-order valence-electron chi connectivity index (χ4n) is 2.45. The average Bonchev–Trinajstić information content (AvgIpc) is 2.66. The molecule has 0 amide bonds. The first-order valence-electron chi connectivity index (χ1n) is 7.13. The maximum Gasteiger partial charge on any atom is 0.309 e. The summed E-state index contributed by atoms with van der Waals surface area (Å²) in [5.74, 6) is -0.802. The lowest BCUT2D eigenvalue weighted by molar-refractivity contribution is -0.144. The van der Waals surface area contributed by atoms with Crippen LogP contribution in [0.4, 0.5) is 0 Å². The number of ether oxygens (including phenoxy) is 2. The number of carbonyl (C=O) groups excluding carboxylic acids is 1. The van der Waals surface area contributed by atoms with E-state index in [1.807, 2.05) is 24.3 Å². The van der Waals surface area contributed by atoms with Crippen LogP contribution in [0.25, 0.3) is 0 Å². The van der Waals surface area contributed by atoms with E-state index in [9.17, 15) is 13.2 Å². The number of hydrogen-bond donors (Lipinski definition) is 0. The van der Waals surface area contributed by atoms with E-state index in [2.05, 4.69) is 4.74 Å². The molecule has 1 aliphatic heterocycles. The molecule has 0 bridgehead atoms. The maximum atomic E-state index is 12.7. The van der Waals surface area contributed by atoms with Gasteiger partial charge in [-0.15, -0.1) is 0 Å². The molecule has 1 heterocycles. The van der Waals surface area contributed by atoms with Gasteiger partial charge in [0.15, 0.2) is 0 Å². The van der Waals surface area contributed by atoms with E-state index in [1.54, 1.807) is 13.8 Å². The van der Waals surface area contributed by atoms with E-state index in [1.165, 1.54) is 11.4 Å². The van der Waals surface area contributed by atoms with Crippen LogP contribution in [0.5, 0.6) is 5.75 Å².